The van der Waals surface area contributed by atoms with Crippen molar-refractivity contribution in [3.05, 3.63) is 59.9 Å². The van der Waals surface area contributed by atoms with Crippen molar-refractivity contribution in [2.75, 3.05) is 6.61 Å². The first-order valence-electron chi connectivity index (χ1n) is 7.93. The van der Waals surface area contributed by atoms with Crippen LogP contribution in [0.4, 0.5) is 0 Å². The first kappa shape index (κ1) is 13.6. The number of benzene rings is 1. The molecule has 2 N–H and O–H groups in total. The van der Waals surface area contributed by atoms with Crippen LogP contribution in [0, 0.1) is 11.8 Å². The molecule has 4 nitrogen and oxygen atoms in total. The van der Waals surface area contributed by atoms with Gasteiger partial charge >= 0.3 is 0 Å². The van der Waals surface area contributed by atoms with Crippen LogP contribution in [0.3, 0.4) is 0 Å². The Morgan fingerprint density at radius 3 is 2.86 bits per heavy atom. The summed E-state index contributed by atoms with van der Waals surface area (Å²) in [6.07, 6.45) is 4.08. The largest absolute Gasteiger partial charge is 0.377 e. The highest BCUT2D eigenvalue weighted by Gasteiger charge is 2.54. The van der Waals surface area contributed by atoms with Gasteiger partial charge in [-0.15, -0.1) is 0 Å². The van der Waals surface area contributed by atoms with E-state index in [4.69, 9.17) is 4.74 Å². The quantitative estimate of drug-likeness (QED) is 0.910. The van der Waals surface area contributed by atoms with Gasteiger partial charge in [0, 0.05) is 30.7 Å². The smallest absolute Gasteiger partial charge is 0.267 e. The second-order valence-electron chi connectivity index (χ2n) is 6.22. The molecule has 1 amide bonds. The summed E-state index contributed by atoms with van der Waals surface area (Å²) < 4.78 is 5.88. The molecule has 4 atom stereocenters. The lowest BCUT2D eigenvalue weighted by molar-refractivity contribution is -0.0528. The van der Waals surface area contributed by atoms with Gasteiger partial charge in [0.2, 0.25) is 0 Å². The molecule has 0 unspecified atom stereocenters. The summed E-state index contributed by atoms with van der Waals surface area (Å²) in [5, 5.41) is 3.21. The van der Waals surface area contributed by atoms with E-state index in [2.05, 4.69) is 34.6 Å². The van der Waals surface area contributed by atoms with Crippen molar-refractivity contribution in [3.63, 3.8) is 0 Å². The molecule has 2 aromatic rings. The highest BCUT2D eigenvalue weighted by Crippen LogP contribution is 2.45. The van der Waals surface area contributed by atoms with Gasteiger partial charge in [0.1, 0.15) is 5.69 Å². The van der Waals surface area contributed by atoms with Crippen LogP contribution in [-0.2, 0) is 11.2 Å². The fraction of sp³-hybridized carbons (Fsp3) is 0.389. The van der Waals surface area contributed by atoms with Crippen LogP contribution in [0.25, 0.3) is 0 Å². The normalized spacial score (nSPS) is 29.6. The second-order valence-corrected chi connectivity index (χ2v) is 6.22. The lowest BCUT2D eigenvalue weighted by Crippen LogP contribution is -2.62. The molecule has 0 radical (unpaired) electrons. The van der Waals surface area contributed by atoms with E-state index in [1.807, 2.05) is 18.2 Å². The Kier molecular flexibility index (Phi) is 3.47. The SMILES string of the molecule is O=C(N[C@@H]1[C@@H](Cc2ccccc2)[C@H]2OCC[C@@H]12)c1ccc[nH]1. The van der Waals surface area contributed by atoms with Crippen molar-refractivity contribution in [1.82, 2.24) is 10.3 Å². The summed E-state index contributed by atoms with van der Waals surface area (Å²) >= 11 is 0. The number of amides is 1. The Hall–Kier alpha value is -2.07. The number of H-pyrrole nitrogens is 1. The van der Waals surface area contributed by atoms with E-state index in [1.54, 1.807) is 6.20 Å². The minimum Gasteiger partial charge on any atom is -0.377 e. The Morgan fingerprint density at radius 1 is 1.23 bits per heavy atom. The zero-order chi connectivity index (χ0) is 14.9. The maximum Gasteiger partial charge on any atom is 0.267 e. The maximum absolute atomic E-state index is 12.3. The Morgan fingerprint density at radius 2 is 2.09 bits per heavy atom. The van der Waals surface area contributed by atoms with Gasteiger partial charge in [-0.1, -0.05) is 30.3 Å². The summed E-state index contributed by atoms with van der Waals surface area (Å²) in [6, 6.07) is 14.3. The third-order valence-electron chi connectivity index (χ3n) is 4.98. The molecule has 4 heteroatoms. The van der Waals surface area contributed by atoms with Gasteiger partial charge in [-0.3, -0.25) is 4.79 Å². The molecule has 2 heterocycles. The topological polar surface area (TPSA) is 54.1 Å². The summed E-state index contributed by atoms with van der Waals surface area (Å²) in [5.41, 5.74) is 1.93. The van der Waals surface area contributed by atoms with E-state index in [0.29, 0.717) is 23.6 Å². The van der Waals surface area contributed by atoms with Crippen LogP contribution < -0.4 is 5.32 Å². The van der Waals surface area contributed by atoms with Gasteiger partial charge in [0.15, 0.2) is 0 Å². The molecule has 4 rings (SSSR count). The standard InChI is InChI=1S/C18H20N2O2/c21-18(15-7-4-9-19-15)20-16-13-8-10-22-17(13)14(16)11-12-5-2-1-3-6-12/h1-7,9,13-14,16-17,19H,8,10-11H2,(H,20,21)/t13-,14+,16-,17-/m0/s1. The number of hydrogen-bond acceptors (Lipinski definition) is 2. The van der Waals surface area contributed by atoms with Crippen LogP contribution in [0.15, 0.2) is 48.7 Å². The van der Waals surface area contributed by atoms with E-state index in [0.717, 1.165) is 19.4 Å². The average molecular weight is 296 g/mol. The Balaban J connectivity index is 1.48. The lowest BCUT2D eigenvalue weighted by Gasteiger charge is -2.48. The molecule has 1 aromatic carbocycles. The van der Waals surface area contributed by atoms with E-state index in [9.17, 15) is 4.79 Å². The van der Waals surface area contributed by atoms with Crippen molar-refractivity contribution < 1.29 is 9.53 Å². The molecular weight excluding hydrogens is 276 g/mol. The minimum atomic E-state index is -0.0154. The molecule has 2 fully saturated rings. The number of rotatable bonds is 4. The van der Waals surface area contributed by atoms with Crippen LogP contribution in [0.2, 0.25) is 0 Å². The zero-order valence-corrected chi connectivity index (χ0v) is 12.4. The number of fused-ring (bicyclic) bond motifs is 1. The summed E-state index contributed by atoms with van der Waals surface area (Å²) in [5.74, 6) is 0.819. The Labute approximate surface area is 129 Å². The number of carbonyl (C=O) groups is 1. The van der Waals surface area contributed by atoms with E-state index < -0.39 is 0 Å². The molecule has 1 aromatic heterocycles. The molecule has 1 aliphatic carbocycles. The van der Waals surface area contributed by atoms with E-state index in [-0.39, 0.29) is 11.9 Å². The molecule has 114 valence electrons. The monoisotopic (exact) mass is 296 g/mol. The van der Waals surface area contributed by atoms with Gasteiger partial charge in [-0.25, -0.2) is 0 Å². The zero-order valence-electron chi connectivity index (χ0n) is 12.4. The predicted molar refractivity (Wildman–Crippen MR) is 83.5 cm³/mol. The summed E-state index contributed by atoms with van der Waals surface area (Å²) in [4.78, 5) is 15.3. The highest BCUT2D eigenvalue weighted by atomic mass is 16.5. The molecule has 2 aliphatic rings. The van der Waals surface area contributed by atoms with E-state index in [1.165, 1.54) is 5.56 Å². The molecule has 22 heavy (non-hydrogen) atoms. The number of aromatic amines is 1. The maximum atomic E-state index is 12.3. The van der Waals surface area contributed by atoms with Crippen LogP contribution >= 0.6 is 0 Å². The van der Waals surface area contributed by atoms with Gasteiger partial charge < -0.3 is 15.0 Å². The molecule has 0 spiro atoms. The molecule has 1 aliphatic heterocycles. The lowest BCUT2D eigenvalue weighted by atomic mass is 9.64. The summed E-state index contributed by atoms with van der Waals surface area (Å²) in [7, 11) is 0. The van der Waals surface area contributed by atoms with Gasteiger partial charge in [0.25, 0.3) is 5.91 Å². The third-order valence-corrected chi connectivity index (χ3v) is 4.98. The van der Waals surface area contributed by atoms with Gasteiger partial charge in [-0.2, -0.15) is 0 Å². The number of aromatic nitrogens is 1. The van der Waals surface area contributed by atoms with Crippen LogP contribution in [-0.4, -0.2) is 29.6 Å². The van der Waals surface area contributed by atoms with Crippen molar-refractivity contribution in [1.29, 1.82) is 0 Å². The van der Waals surface area contributed by atoms with Crippen molar-refractivity contribution in [2.45, 2.75) is 25.0 Å². The van der Waals surface area contributed by atoms with Crippen LogP contribution in [0.1, 0.15) is 22.5 Å². The molecule has 0 bridgehead atoms. The van der Waals surface area contributed by atoms with Gasteiger partial charge in [-0.05, 0) is 30.5 Å². The first-order valence-corrected chi connectivity index (χ1v) is 7.93. The van der Waals surface area contributed by atoms with Crippen molar-refractivity contribution >= 4 is 5.91 Å². The Bertz CT molecular complexity index is 638. The molecule has 1 saturated carbocycles. The predicted octanol–water partition coefficient (Wildman–Crippen LogP) is 2.39. The van der Waals surface area contributed by atoms with Gasteiger partial charge in [0.05, 0.1) is 6.10 Å². The summed E-state index contributed by atoms with van der Waals surface area (Å²) in [6.45, 7) is 0.815. The molecular formula is C18H20N2O2. The number of nitrogens with one attached hydrogen (secondary N) is 2. The molecule has 1 saturated heterocycles. The fourth-order valence-electron chi connectivity index (χ4n) is 3.87. The van der Waals surface area contributed by atoms with Crippen molar-refractivity contribution in [3.8, 4) is 0 Å². The number of carbonyl (C=O) groups excluding carboxylic acids is 1. The first-order chi connectivity index (χ1) is 10.8. The minimum absolute atomic E-state index is 0.0154. The fourth-order valence-corrected chi connectivity index (χ4v) is 3.87. The van der Waals surface area contributed by atoms with E-state index >= 15 is 0 Å². The number of ether oxygens (including phenoxy) is 1. The number of hydrogen-bond donors (Lipinski definition) is 2. The van der Waals surface area contributed by atoms with Crippen LogP contribution in [0.5, 0.6) is 0 Å². The van der Waals surface area contributed by atoms with Crippen molar-refractivity contribution in [2.24, 2.45) is 11.8 Å². The second kappa shape index (κ2) is 5.61. The average Bonchev–Trinajstić information content (AvgIpc) is 3.21. The highest BCUT2D eigenvalue weighted by molar-refractivity contribution is 5.92. The third kappa shape index (κ3) is 2.33.